The van der Waals surface area contributed by atoms with Crippen LogP contribution in [0.2, 0.25) is 0 Å². The molecule has 0 saturated heterocycles. The van der Waals surface area contributed by atoms with Crippen LogP contribution in [0.4, 0.5) is 0 Å². The van der Waals surface area contributed by atoms with Crippen LogP contribution in [0.3, 0.4) is 0 Å². The first-order valence-electron chi connectivity index (χ1n) is 3.46. The summed E-state index contributed by atoms with van der Waals surface area (Å²) in [6.45, 7) is 1.76. The maximum Gasteiger partial charge on any atom is 0.253 e. The van der Waals surface area contributed by atoms with Crippen molar-refractivity contribution in [3.8, 4) is 6.07 Å². The summed E-state index contributed by atoms with van der Waals surface area (Å²) in [5, 5.41) is 8.17. The van der Waals surface area contributed by atoms with Crippen LogP contribution >= 0.6 is 34.2 Å². The predicted molar refractivity (Wildman–Crippen MR) is 58.8 cm³/mol. The van der Waals surface area contributed by atoms with Gasteiger partial charge in [0.2, 0.25) is 0 Å². The second kappa shape index (κ2) is 4.07. The van der Waals surface area contributed by atoms with Crippen molar-refractivity contribution in [3.05, 3.63) is 32.4 Å². The van der Waals surface area contributed by atoms with E-state index in [9.17, 15) is 4.79 Å². The fourth-order valence-corrected chi connectivity index (χ4v) is 2.12. The zero-order valence-electron chi connectivity index (χ0n) is 6.77. The number of nitrogens with zero attached hydrogens (tertiary/aromatic N) is 1. The largest absolute Gasteiger partial charge is 0.276 e. The van der Waals surface area contributed by atoms with Gasteiger partial charge in [-0.3, -0.25) is 4.79 Å². The number of carbonyl (C=O) groups excluding carboxylic acids is 1. The molecule has 1 aromatic carbocycles. The Morgan fingerprint density at radius 3 is 2.69 bits per heavy atom. The SMILES string of the molecule is Cc1cc(I)cc(C#N)c1C(=O)Cl. The van der Waals surface area contributed by atoms with Gasteiger partial charge in [-0.2, -0.15) is 5.26 Å². The Balaban J connectivity index is 3.50. The molecule has 0 aliphatic carbocycles. The van der Waals surface area contributed by atoms with Gasteiger partial charge in [0, 0.05) is 3.57 Å². The molecule has 0 N–H and O–H groups in total. The molecule has 0 saturated carbocycles. The highest BCUT2D eigenvalue weighted by atomic mass is 127. The number of hydrogen-bond donors (Lipinski definition) is 0. The summed E-state index contributed by atoms with van der Waals surface area (Å²) in [6, 6.07) is 5.41. The summed E-state index contributed by atoms with van der Waals surface area (Å²) in [5.74, 6) is 0. The molecule has 0 bridgehead atoms. The summed E-state index contributed by atoms with van der Waals surface area (Å²) in [5.41, 5.74) is 1.39. The second-order valence-corrected chi connectivity index (χ2v) is 4.12. The van der Waals surface area contributed by atoms with Gasteiger partial charge in [-0.25, -0.2) is 0 Å². The lowest BCUT2D eigenvalue weighted by atomic mass is 10.0. The summed E-state index contributed by atoms with van der Waals surface area (Å²) < 4.78 is 0.924. The molecular formula is C9H5ClINO. The molecule has 13 heavy (non-hydrogen) atoms. The first kappa shape index (κ1) is 10.5. The molecule has 4 heteroatoms. The molecule has 1 rings (SSSR count). The summed E-state index contributed by atoms with van der Waals surface area (Å²) in [6.07, 6.45) is 0. The molecule has 1 aromatic rings. The smallest absolute Gasteiger partial charge is 0.253 e. The van der Waals surface area contributed by atoms with E-state index in [1.54, 1.807) is 13.0 Å². The van der Waals surface area contributed by atoms with Gasteiger partial charge >= 0.3 is 0 Å². The minimum Gasteiger partial charge on any atom is -0.276 e. The normalized spacial score (nSPS) is 9.38. The average Bonchev–Trinajstić information content (AvgIpc) is 2.01. The Kier molecular flexibility index (Phi) is 3.28. The monoisotopic (exact) mass is 305 g/mol. The van der Waals surface area contributed by atoms with E-state index in [4.69, 9.17) is 16.9 Å². The molecule has 66 valence electrons. The minimum absolute atomic E-state index is 0.310. The number of nitriles is 1. The van der Waals surface area contributed by atoms with E-state index in [-0.39, 0.29) is 0 Å². The standard InChI is InChI=1S/C9H5ClINO/c1-5-2-7(11)3-6(4-12)8(5)9(10)13/h2-3H,1H3. The molecule has 0 amide bonds. The number of halogens is 2. The van der Waals surface area contributed by atoms with Crippen LogP contribution < -0.4 is 0 Å². The first-order valence-corrected chi connectivity index (χ1v) is 4.92. The lowest BCUT2D eigenvalue weighted by Gasteiger charge is -2.03. The molecule has 0 fully saturated rings. The quantitative estimate of drug-likeness (QED) is 0.591. The molecule has 0 heterocycles. The van der Waals surface area contributed by atoms with Crippen LogP contribution in [0, 0.1) is 21.8 Å². The van der Waals surface area contributed by atoms with Gasteiger partial charge in [-0.15, -0.1) is 0 Å². The fourth-order valence-electron chi connectivity index (χ4n) is 1.09. The van der Waals surface area contributed by atoms with Gasteiger partial charge in [-0.1, -0.05) is 0 Å². The van der Waals surface area contributed by atoms with Crippen LogP contribution in [0.15, 0.2) is 12.1 Å². The third kappa shape index (κ3) is 2.20. The fraction of sp³-hybridized carbons (Fsp3) is 0.111. The van der Waals surface area contributed by atoms with Gasteiger partial charge in [-0.05, 0) is 58.8 Å². The lowest BCUT2D eigenvalue weighted by Crippen LogP contribution is -1.98. The van der Waals surface area contributed by atoms with Gasteiger partial charge in [0.05, 0.1) is 17.2 Å². The third-order valence-corrected chi connectivity index (χ3v) is 2.43. The molecule has 0 unspecified atom stereocenters. The van der Waals surface area contributed by atoms with Crippen LogP contribution in [0.25, 0.3) is 0 Å². The molecular weight excluding hydrogens is 300 g/mol. The third-order valence-electron chi connectivity index (χ3n) is 1.62. The maximum absolute atomic E-state index is 11.0. The lowest BCUT2D eigenvalue weighted by molar-refractivity contribution is 0.108. The number of benzene rings is 1. The average molecular weight is 306 g/mol. The second-order valence-electron chi connectivity index (χ2n) is 2.53. The zero-order valence-corrected chi connectivity index (χ0v) is 9.68. The van der Waals surface area contributed by atoms with Crippen molar-refractivity contribution in [3.63, 3.8) is 0 Å². The highest BCUT2D eigenvalue weighted by molar-refractivity contribution is 14.1. The molecule has 0 atom stereocenters. The van der Waals surface area contributed by atoms with Crippen LogP contribution in [-0.2, 0) is 0 Å². The van der Waals surface area contributed by atoms with Crippen LogP contribution in [0.5, 0.6) is 0 Å². The minimum atomic E-state index is -0.578. The van der Waals surface area contributed by atoms with Crippen molar-refractivity contribution in [2.45, 2.75) is 6.92 Å². The Bertz CT molecular complexity index is 409. The van der Waals surface area contributed by atoms with Crippen molar-refractivity contribution in [1.29, 1.82) is 5.26 Å². The van der Waals surface area contributed by atoms with Gasteiger partial charge < -0.3 is 0 Å². The van der Waals surface area contributed by atoms with E-state index in [0.29, 0.717) is 11.1 Å². The van der Waals surface area contributed by atoms with E-state index < -0.39 is 5.24 Å². The number of carbonyl (C=O) groups is 1. The highest BCUT2D eigenvalue weighted by Gasteiger charge is 2.12. The Hall–Kier alpha value is -0.600. The predicted octanol–water partition coefficient (Wildman–Crippen LogP) is 2.85. The van der Waals surface area contributed by atoms with Crippen molar-refractivity contribution in [1.82, 2.24) is 0 Å². The Morgan fingerprint density at radius 1 is 1.62 bits per heavy atom. The Labute approximate surface area is 94.6 Å². The summed E-state index contributed by atoms with van der Waals surface area (Å²) in [4.78, 5) is 11.0. The van der Waals surface area contributed by atoms with Gasteiger partial charge in [0.25, 0.3) is 5.24 Å². The zero-order chi connectivity index (χ0) is 10.0. The summed E-state index contributed by atoms with van der Waals surface area (Å²) >= 11 is 7.44. The van der Waals surface area contributed by atoms with Gasteiger partial charge in [0.15, 0.2) is 0 Å². The first-order chi connectivity index (χ1) is 6.06. The molecule has 0 spiro atoms. The molecule has 0 aliphatic rings. The van der Waals surface area contributed by atoms with E-state index in [1.165, 1.54) is 0 Å². The van der Waals surface area contributed by atoms with E-state index >= 15 is 0 Å². The van der Waals surface area contributed by atoms with Crippen molar-refractivity contribution >= 4 is 39.4 Å². The van der Waals surface area contributed by atoms with Crippen molar-refractivity contribution in [2.24, 2.45) is 0 Å². The Morgan fingerprint density at radius 2 is 2.23 bits per heavy atom. The van der Waals surface area contributed by atoms with Gasteiger partial charge in [0.1, 0.15) is 0 Å². The van der Waals surface area contributed by atoms with Crippen LogP contribution in [0.1, 0.15) is 21.5 Å². The molecule has 0 aliphatic heterocycles. The van der Waals surface area contributed by atoms with E-state index in [2.05, 4.69) is 22.6 Å². The highest BCUT2D eigenvalue weighted by Crippen LogP contribution is 2.19. The van der Waals surface area contributed by atoms with Crippen molar-refractivity contribution in [2.75, 3.05) is 0 Å². The van der Waals surface area contributed by atoms with Crippen molar-refractivity contribution < 1.29 is 4.79 Å². The number of hydrogen-bond acceptors (Lipinski definition) is 2. The number of aryl methyl sites for hydroxylation is 1. The molecule has 0 radical (unpaired) electrons. The maximum atomic E-state index is 11.0. The summed E-state index contributed by atoms with van der Waals surface area (Å²) in [7, 11) is 0. The molecule has 0 aromatic heterocycles. The molecule has 2 nitrogen and oxygen atoms in total. The van der Waals surface area contributed by atoms with E-state index in [1.807, 2.05) is 12.1 Å². The number of rotatable bonds is 1. The topological polar surface area (TPSA) is 40.9 Å². The van der Waals surface area contributed by atoms with E-state index in [0.717, 1.165) is 9.13 Å². The van der Waals surface area contributed by atoms with Crippen LogP contribution in [-0.4, -0.2) is 5.24 Å².